The van der Waals surface area contributed by atoms with Crippen molar-refractivity contribution in [2.75, 3.05) is 24.7 Å². The minimum absolute atomic E-state index is 0.0217. The van der Waals surface area contributed by atoms with Gasteiger partial charge in [0.1, 0.15) is 0 Å². The Balaban J connectivity index is 1.86. The zero-order valence-corrected chi connectivity index (χ0v) is 14.8. The predicted octanol–water partition coefficient (Wildman–Crippen LogP) is 1.42. The smallest absolute Gasteiger partial charge is 0.413 e. The standard InChI is InChI=1S/C18H22N2O6/c1-3-12-5-7-14(8-6-12)20-10-13(9-16(20)22)17(23)26-11-15(21)19-18(24)25-4-2/h5-8,13H,3-4,9-11H2,1-2H3,(H,19,21,24)/t13-/m0/s1. The van der Waals surface area contributed by atoms with Crippen LogP contribution in [0.4, 0.5) is 10.5 Å². The van der Waals surface area contributed by atoms with E-state index >= 15 is 0 Å². The predicted molar refractivity (Wildman–Crippen MR) is 92.4 cm³/mol. The zero-order chi connectivity index (χ0) is 19.1. The number of alkyl carbamates (subject to hydrolysis) is 1. The van der Waals surface area contributed by atoms with Crippen molar-refractivity contribution >= 4 is 29.6 Å². The van der Waals surface area contributed by atoms with Gasteiger partial charge >= 0.3 is 12.1 Å². The van der Waals surface area contributed by atoms with E-state index in [2.05, 4.69) is 4.74 Å². The molecule has 2 rings (SSSR count). The van der Waals surface area contributed by atoms with Crippen LogP contribution in [0.5, 0.6) is 0 Å². The van der Waals surface area contributed by atoms with E-state index in [-0.39, 0.29) is 25.5 Å². The van der Waals surface area contributed by atoms with Gasteiger partial charge in [-0.1, -0.05) is 19.1 Å². The first kappa shape index (κ1) is 19.4. The van der Waals surface area contributed by atoms with Crippen molar-refractivity contribution in [1.82, 2.24) is 5.32 Å². The van der Waals surface area contributed by atoms with Crippen molar-refractivity contribution in [3.8, 4) is 0 Å². The normalized spacial score (nSPS) is 16.3. The third kappa shape index (κ3) is 5.05. The van der Waals surface area contributed by atoms with Gasteiger partial charge in [0.2, 0.25) is 5.91 Å². The zero-order valence-electron chi connectivity index (χ0n) is 14.8. The molecule has 1 aliphatic heterocycles. The quantitative estimate of drug-likeness (QED) is 0.768. The van der Waals surface area contributed by atoms with E-state index in [1.165, 1.54) is 4.90 Å². The second-order valence-electron chi connectivity index (χ2n) is 5.80. The Morgan fingerprint density at radius 1 is 1.15 bits per heavy atom. The van der Waals surface area contributed by atoms with Crippen LogP contribution < -0.4 is 10.2 Å². The van der Waals surface area contributed by atoms with E-state index in [4.69, 9.17) is 4.74 Å². The number of nitrogens with one attached hydrogen (secondary N) is 1. The molecule has 1 saturated heterocycles. The largest absolute Gasteiger partial charge is 0.455 e. The van der Waals surface area contributed by atoms with Crippen LogP contribution in [-0.4, -0.2) is 43.6 Å². The summed E-state index contributed by atoms with van der Waals surface area (Å²) in [6, 6.07) is 7.57. The number of carbonyl (C=O) groups is 4. The molecular weight excluding hydrogens is 340 g/mol. The molecular formula is C18H22N2O6. The molecule has 0 saturated carbocycles. The molecule has 26 heavy (non-hydrogen) atoms. The molecule has 1 fully saturated rings. The lowest BCUT2D eigenvalue weighted by molar-refractivity contribution is -0.152. The number of rotatable bonds is 6. The lowest BCUT2D eigenvalue weighted by Gasteiger charge is -2.17. The first-order chi connectivity index (χ1) is 12.4. The fraction of sp³-hybridized carbons (Fsp3) is 0.444. The maximum Gasteiger partial charge on any atom is 0.413 e. The Kier molecular flexibility index (Phi) is 6.71. The number of benzene rings is 1. The lowest BCUT2D eigenvalue weighted by atomic mass is 10.1. The Labute approximate surface area is 151 Å². The molecule has 1 N–H and O–H groups in total. The highest BCUT2D eigenvalue weighted by Crippen LogP contribution is 2.26. The number of imide groups is 1. The highest BCUT2D eigenvalue weighted by atomic mass is 16.6. The van der Waals surface area contributed by atoms with Crippen LogP contribution in [0.1, 0.15) is 25.8 Å². The third-order valence-electron chi connectivity index (χ3n) is 3.98. The minimum atomic E-state index is -0.897. The summed E-state index contributed by atoms with van der Waals surface area (Å²) >= 11 is 0. The van der Waals surface area contributed by atoms with Crippen LogP contribution in [0.3, 0.4) is 0 Å². The summed E-state index contributed by atoms with van der Waals surface area (Å²) in [5.74, 6) is -2.26. The number of ether oxygens (including phenoxy) is 2. The van der Waals surface area contributed by atoms with Gasteiger partial charge in [0, 0.05) is 18.7 Å². The van der Waals surface area contributed by atoms with Crippen LogP contribution in [0.2, 0.25) is 0 Å². The van der Waals surface area contributed by atoms with Crippen molar-refractivity contribution in [2.24, 2.45) is 5.92 Å². The van der Waals surface area contributed by atoms with E-state index in [1.807, 2.05) is 36.5 Å². The molecule has 0 spiro atoms. The minimum Gasteiger partial charge on any atom is -0.455 e. The van der Waals surface area contributed by atoms with Crippen molar-refractivity contribution < 1.29 is 28.7 Å². The molecule has 1 aliphatic rings. The van der Waals surface area contributed by atoms with Crippen LogP contribution >= 0.6 is 0 Å². The van der Waals surface area contributed by atoms with E-state index in [0.717, 1.165) is 17.7 Å². The Morgan fingerprint density at radius 2 is 1.85 bits per heavy atom. The second kappa shape index (κ2) is 8.98. The number of anilines is 1. The summed E-state index contributed by atoms with van der Waals surface area (Å²) < 4.78 is 9.45. The molecule has 0 aliphatic carbocycles. The number of hydrogen-bond donors (Lipinski definition) is 1. The maximum absolute atomic E-state index is 12.2. The van der Waals surface area contributed by atoms with Gasteiger partial charge in [-0.15, -0.1) is 0 Å². The number of hydrogen-bond acceptors (Lipinski definition) is 6. The molecule has 1 aromatic rings. The van der Waals surface area contributed by atoms with Crippen LogP contribution in [0.25, 0.3) is 0 Å². The maximum atomic E-state index is 12.2. The first-order valence-corrected chi connectivity index (χ1v) is 8.47. The van der Waals surface area contributed by atoms with Crippen LogP contribution in [0, 0.1) is 5.92 Å². The average Bonchev–Trinajstić information content (AvgIpc) is 3.01. The van der Waals surface area contributed by atoms with Gasteiger partial charge in [-0.3, -0.25) is 19.7 Å². The fourth-order valence-corrected chi connectivity index (χ4v) is 2.60. The van der Waals surface area contributed by atoms with Gasteiger partial charge in [-0.05, 0) is 31.0 Å². The van der Waals surface area contributed by atoms with E-state index in [0.29, 0.717) is 0 Å². The molecule has 1 heterocycles. The van der Waals surface area contributed by atoms with Crippen LogP contribution in [-0.2, 0) is 30.3 Å². The number of nitrogens with zero attached hydrogens (tertiary/aromatic N) is 1. The van der Waals surface area contributed by atoms with Gasteiger partial charge in [0.15, 0.2) is 6.61 Å². The van der Waals surface area contributed by atoms with Gasteiger partial charge in [-0.2, -0.15) is 0 Å². The molecule has 8 nitrogen and oxygen atoms in total. The Hall–Kier alpha value is -2.90. The van der Waals surface area contributed by atoms with Gasteiger partial charge in [-0.25, -0.2) is 4.79 Å². The summed E-state index contributed by atoms with van der Waals surface area (Å²) in [6.45, 7) is 3.36. The molecule has 0 bridgehead atoms. The number of esters is 1. The van der Waals surface area contributed by atoms with Gasteiger partial charge in [0.25, 0.3) is 5.91 Å². The second-order valence-corrected chi connectivity index (χ2v) is 5.80. The van der Waals surface area contributed by atoms with E-state index in [1.54, 1.807) is 6.92 Å². The van der Waals surface area contributed by atoms with Crippen LogP contribution in [0.15, 0.2) is 24.3 Å². The number of aryl methyl sites for hydroxylation is 1. The third-order valence-corrected chi connectivity index (χ3v) is 3.98. The van der Waals surface area contributed by atoms with Crippen molar-refractivity contribution in [3.63, 3.8) is 0 Å². The molecule has 1 atom stereocenters. The highest BCUT2D eigenvalue weighted by Gasteiger charge is 2.36. The summed E-state index contributed by atoms with van der Waals surface area (Å²) in [4.78, 5) is 48.4. The Bertz CT molecular complexity index is 685. The molecule has 0 unspecified atom stereocenters. The summed E-state index contributed by atoms with van der Waals surface area (Å²) in [5.41, 5.74) is 1.88. The highest BCUT2D eigenvalue weighted by molar-refractivity contribution is 6.00. The van der Waals surface area contributed by atoms with Gasteiger partial charge < -0.3 is 14.4 Å². The molecule has 0 radical (unpaired) electrons. The Morgan fingerprint density at radius 3 is 2.46 bits per heavy atom. The number of carbonyl (C=O) groups excluding carboxylic acids is 4. The fourth-order valence-electron chi connectivity index (χ4n) is 2.60. The lowest BCUT2D eigenvalue weighted by Crippen LogP contribution is -2.35. The van der Waals surface area contributed by atoms with E-state index in [9.17, 15) is 19.2 Å². The van der Waals surface area contributed by atoms with Gasteiger partial charge in [0.05, 0.1) is 12.5 Å². The molecule has 140 valence electrons. The molecule has 0 aromatic heterocycles. The molecule has 1 aromatic carbocycles. The van der Waals surface area contributed by atoms with Crippen molar-refractivity contribution in [2.45, 2.75) is 26.7 Å². The SMILES string of the molecule is CCOC(=O)NC(=O)COC(=O)[C@H]1CC(=O)N(c2ccc(CC)cc2)C1. The monoisotopic (exact) mass is 362 g/mol. The van der Waals surface area contributed by atoms with E-state index < -0.39 is 30.5 Å². The molecule has 3 amide bonds. The van der Waals surface area contributed by atoms with Crippen molar-refractivity contribution in [1.29, 1.82) is 0 Å². The topological polar surface area (TPSA) is 102 Å². The van der Waals surface area contributed by atoms with Crippen molar-refractivity contribution in [3.05, 3.63) is 29.8 Å². The summed E-state index contributed by atoms with van der Waals surface area (Å²) in [5, 5.41) is 1.93. The molecule has 8 heteroatoms. The first-order valence-electron chi connectivity index (χ1n) is 8.47. The summed E-state index contributed by atoms with van der Waals surface area (Å²) in [7, 11) is 0. The number of amides is 3. The average molecular weight is 362 g/mol. The summed E-state index contributed by atoms with van der Waals surface area (Å²) in [6.07, 6.45) is 0.0246.